The summed E-state index contributed by atoms with van der Waals surface area (Å²) in [5.41, 5.74) is 1.38. The van der Waals surface area contributed by atoms with Gasteiger partial charge in [-0.3, -0.25) is 0 Å². The highest BCUT2D eigenvalue weighted by Gasteiger charge is 2.13. The molecule has 0 aliphatic heterocycles. The molecule has 3 rings (SSSR count). The summed E-state index contributed by atoms with van der Waals surface area (Å²) in [6.45, 7) is 1.15. The molecule has 1 N–H and O–H groups in total. The molecule has 0 bridgehead atoms. The van der Waals surface area contributed by atoms with Crippen LogP contribution in [-0.2, 0) is 13.1 Å². The molecule has 0 fully saturated rings. The lowest BCUT2D eigenvalue weighted by Gasteiger charge is -2.12. The molecule has 0 aliphatic carbocycles. The smallest absolute Gasteiger partial charge is 0.165 e. The van der Waals surface area contributed by atoms with Crippen molar-refractivity contribution in [2.24, 2.45) is 0 Å². The third-order valence-electron chi connectivity index (χ3n) is 3.84. The first-order valence-corrected chi connectivity index (χ1v) is 9.13. The van der Waals surface area contributed by atoms with Gasteiger partial charge in [0.2, 0.25) is 0 Å². The van der Waals surface area contributed by atoms with E-state index in [2.05, 4.69) is 10.3 Å². The maximum absolute atomic E-state index is 14.0. The highest BCUT2D eigenvalue weighted by atomic mass is 35.5. The predicted molar refractivity (Wildman–Crippen MR) is 103 cm³/mol. The van der Waals surface area contributed by atoms with E-state index in [0.29, 0.717) is 40.1 Å². The number of methoxy groups -OCH3 is 2. The van der Waals surface area contributed by atoms with E-state index in [9.17, 15) is 4.39 Å². The maximum atomic E-state index is 14.0. The van der Waals surface area contributed by atoms with E-state index in [1.54, 1.807) is 32.5 Å². The molecule has 4 nitrogen and oxygen atoms in total. The monoisotopic (exact) mass is 392 g/mol. The molecule has 1 aromatic heterocycles. The van der Waals surface area contributed by atoms with Crippen molar-refractivity contribution in [1.82, 2.24) is 10.3 Å². The van der Waals surface area contributed by atoms with E-state index < -0.39 is 0 Å². The minimum absolute atomic E-state index is 0.346. The van der Waals surface area contributed by atoms with Crippen molar-refractivity contribution in [3.8, 4) is 21.9 Å². The van der Waals surface area contributed by atoms with Crippen LogP contribution >= 0.6 is 22.9 Å². The zero-order chi connectivity index (χ0) is 18.5. The highest BCUT2D eigenvalue weighted by Crippen LogP contribution is 2.34. The van der Waals surface area contributed by atoms with Gasteiger partial charge in [-0.25, -0.2) is 9.37 Å². The molecule has 7 heteroatoms. The summed E-state index contributed by atoms with van der Waals surface area (Å²) in [7, 11) is 3.23. The lowest BCUT2D eigenvalue weighted by molar-refractivity contribution is 0.350. The van der Waals surface area contributed by atoms with Gasteiger partial charge in [-0.1, -0.05) is 29.8 Å². The second kappa shape index (κ2) is 8.49. The second-order valence-electron chi connectivity index (χ2n) is 5.47. The maximum Gasteiger partial charge on any atom is 0.165 e. The standard InChI is InChI=1S/C19H18ClFN2O2S/c1-24-15-8-3-5-12(19(15)25-2)9-22-11-17-23-10-16(26-17)18-13(20)6-4-7-14(18)21/h3-8,10,22H,9,11H2,1-2H3. The molecule has 0 aliphatic rings. The number of nitrogens with one attached hydrogen (secondary N) is 1. The van der Waals surface area contributed by atoms with Gasteiger partial charge in [0.25, 0.3) is 0 Å². The first-order chi connectivity index (χ1) is 12.6. The van der Waals surface area contributed by atoms with Gasteiger partial charge in [-0.15, -0.1) is 11.3 Å². The minimum Gasteiger partial charge on any atom is -0.493 e. The molecule has 0 spiro atoms. The molecule has 0 saturated carbocycles. The van der Waals surface area contributed by atoms with Gasteiger partial charge in [0.15, 0.2) is 11.5 Å². The van der Waals surface area contributed by atoms with Crippen LogP contribution in [0.1, 0.15) is 10.6 Å². The third kappa shape index (κ3) is 3.98. The molecule has 0 unspecified atom stereocenters. The predicted octanol–water partition coefficient (Wildman–Crippen LogP) is 4.91. The van der Waals surface area contributed by atoms with Crippen LogP contribution < -0.4 is 14.8 Å². The van der Waals surface area contributed by atoms with E-state index in [0.717, 1.165) is 10.6 Å². The fourth-order valence-electron chi connectivity index (χ4n) is 2.64. The Morgan fingerprint density at radius 1 is 1.12 bits per heavy atom. The summed E-state index contributed by atoms with van der Waals surface area (Å²) in [6.07, 6.45) is 1.65. The van der Waals surface area contributed by atoms with Crippen molar-refractivity contribution in [3.05, 3.63) is 64.0 Å². The van der Waals surface area contributed by atoms with Crippen molar-refractivity contribution in [2.45, 2.75) is 13.1 Å². The van der Waals surface area contributed by atoms with Crippen molar-refractivity contribution < 1.29 is 13.9 Å². The summed E-state index contributed by atoms with van der Waals surface area (Å²) in [6, 6.07) is 10.4. The number of halogens is 2. The Bertz CT molecular complexity index is 881. The Kier molecular flexibility index (Phi) is 6.08. The molecular weight excluding hydrogens is 375 g/mol. The van der Waals surface area contributed by atoms with E-state index in [1.807, 2.05) is 18.2 Å². The fourth-order valence-corrected chi connectivity index (χ4v) is 3.91. The average Bonchev–Trinajstić information content (AvgIpc) is 3.09. The lowest BCUT2D eigenvalue weighted by Crippen LogP contribution is -2.13. The second-order valence-corrected chi connectivity index (χ2v) is 6.99. The summed E-state index contributed by atoms with van der Waals surface area (Å²) in [5, 5.41) is 4.56. The van der Waals surface area contributed by atoms with Gasteiger partial charge >= 0.3 is 0 Å². The Morgan fingerprint density at radius 3 is 2.65 bits per heavy atom. The minimum atomic E-state index is -0.346. The number of thiazole rings is 1. The average molecular weight is 393 g/mol. The van der Waals surface area contributed by atoms with Gasteiger partial charge in [0, 0.05) is 30.4 Å². The van der Waals surface area contributed by atoms with Crippen molar-refractivity contribution in [2.75, 3.05) is 14.2 Å². The van der Waals surface area contributed by atoms with Crippen LogP contribution in [0, 0.1) is 5.82 Å². The zero-order valence-corrected chi connectivity index (χ0v) is 16.0. The Hall–Kier alpha value is -2.15. The molecule has 0 amide bonds. The molecule has 1 heterocycles. The number of rotatable bonds is 7. The number of para-hydroxylation sites is 1. The molecule has 26 heavy (non-hydrogen) atoms. The van der Waals surface area contributed by atoms with Gasteiger partial charge in [-0.05, 0) is 18.2 Å². The molecule has 2 aromatic carbocycles. The molecule has 0 saturated heterocycles. The van der Waals surface area contributed by atoms with Crippen LogP contribution in [0.15, 0.2) is 42.6 Å². The van der Waals surface area contributed by atoms with Crippen LogP contribution in [0.4, 0.5) is 4.39 Å². The van der Waals surface area contributed by atoms with Crippen LogP contribution in [0.5, 0.6) is 11.5 Å². The first-order valence-electron chi connectivity index (χ1n) is 7.93. The summed E-state index contributed by atoms with van der Waals surface area (Å²) < 4.78 is 24.8. The van der Waals surface area contributed by atoms with E-state index >= 15 is 0 Å². The number of aromatic nitrogens is 1. The zero-order valence-electron chi connectivity index (χ0n) is 14.4. The van der Waals surface area contributed by atoms with Crippen molar-refractivity contribution >= 4 is 22.9 Å². The number of nitrogens with zero attached hydrogens (tertiary/aromatic N) is 1. The van der Waals surface area contributed by atoms with Gasteiger partial charge in [0.05, 0.1) is 24.1 Å². The van der Waals surface area contributed by atoms with Gasteiger partial charge in [-0.2, -0.15) is 0 Å². The van der Waals surface area contributed by atoms with Gasteiger partial charge < -0.3 is 14.8 Å². The SMILES string of the molecule is COc1cccc(CNCc2ncc(-c3c(F)cccc3Cl)s2)c1OC. The van der Waals surface area contributed by atoms with Crippen LogP contribution in [0.25, 0.3) is 10.4 Å². The molecule has 0 radical (unpaired) electrons. The quantitative estimate of drug-likeness (QED) is 0.620. The number of ether oxygens (including phenoxy) is 2. The van der Waals surface area contributed by atoms with E-state index in [4.69, 9.17) is 21.1 Å². The van der Waals surface area contributed by atoms with E-state index in [-0.39, 0.29) is 5.82 Å². The van der Waals surface area contributed by atoms with Crippen molar-refractivity contribution in [3.63, 3.8) is 0 Å². The van der Waals surface area contributed by atoms with Crippen LogP contribution in [0.2, 0.25) is 5.02 Å². The topological polar surface area (TPSA) is 43.4 Å². The largest absolute Gasteiger partial charge is 0.493 e. The fraction of sp³-hybridized carbons (Fsp3) is 0.211. The van der Waals surface area contributed by atoms with Gasteiger partial charge in [0.1, 0.15) is 10.8 Å². The van der Waals surface area contributed by atoms with Crippen molar-refractivity contribution in [1.29, 1.82) is 0 Å². The summed E-state index contributed by atoms with van der Waals surface area (Å²) in [4.78, 5) is 5.07. The van der Waals surface area contributed by atoms with Crippen LogP contribution in [-0.4, -0.2) is 19.2 Å². The third-order valence-corrected chi connectivity index (χ3v) is 5.17. The van der Waals surface area contributed by atoms with Crippen LogP contribution in [0.3, 0.4) is 0 Å². The Morgan fingerprint density at radius 2 is 1.92 bits per heavy atom. The Balaban J connectivity index is 1.68. The molecule has 0 atom stereocenters. The lowest BCUT2D eigenvalue weighted by atomic mass is 10.2. The normalized spacial score (nSPS) is 10.8. The summed E-state index contributed by atoms with van der Waals surface area (Å²) in [5.74, 6) is 1.06. The highest BCUT2D eigenvalue weighted by molar-refractivity contribution is 7.15. The number of hydrogen-bond donors (Lipinski definition) is 1. The Labute approximate surface area is 160 Å². The summed E-state index contributed by atoms with van der Waals surface area (Å²) >= 11 is 7.53. The number of benzene rings is 2. The molecule has 136 valence electrons. The first kappa shape index (κ1) is 18.6. The van der Waals surface area contributed by atoms with E-state index in [1.165, 1.54) is 17.4 Å². The molecular formula is C19H18ClFN2O2S. The number of hydrogen-bond acceptors (Lipinski definition) is 5. The molecule has 3 aromatic rings.